The Labute approximate surface area is 103 Å². The minimum Gasteiger partial charge on any atom is -0.457 e. The van der Waals surface area contributed by atoms with Crippen LogP contribution in [0.15, 0.2) is 12.4 Å². The number of hydrogen-bond acceptors (Lipinski definition) is 7. The molecule has 1 aliphatic rings. The molecule has 1 aromatic rings. The smallest absolute Gasteiger partial charge is 0.364 e. The summed E-state index contributed by atoms with van der Waals surface area (Å²) in [4.78, 5) is 26.7. The van der Waals surface area contributed by atoms with E-state index in [4.69, 9.17) is 9.47 Å². The van der Waals surface area contributed by atoms with Crippen molar-refractivity contribution >= 4 is 17.7 Å². The molecule has 0 spiro atoms. The van der Waals surface area contributed by atoms with E-state index in [9.17, 15) is 9.59 Å². The number of hydrogen-bond donors (Lipinski definition) is 0. The van der Waals surface area contributed by atoms with E-state index in [2.05, 4.69) is 15.2 Å². The van der Waals surface area contributed by atoms with Crippen molar-refractivity contribution in [2.75, 3.05) is 0 Å². The number of esters is 2. The molecule has 18 heavy (non-hydrogen) atoms. The van der Waals surface area contributed by atoms with Crippen molar-refractivity contribution < 1.29 is 19.1 Å². The minimum absolute atomic E-state index is 0.00449. The van der Waals surface area contributed by atoms with Gasteiger partial charge in [-0.3, -0.25) is 0 Å². The van der Waals surface area contributed by atoms with E-state index in [1.54, 1.807) is 20.8 Å². The summed E-state index contributed by atoms with van der Waals surface area (Å²) in [5, 5.41) is 7.24. The first-order valence-corrected chi connectivity index (χ1v) is 5.22. The summed E-state index contributed by atoms with van der Waals surface area (Å²) in [5.74, 6) is -1.27. The molecule has 0 atom stereocenters. The molecule has 94 valence electrons. The second-order valence-electron chi connectivity index (χ2n) is 4.59. The van der Waals surface area contributed by atoms with Crippen LogP contribution in [0.4, 0.5) is 0 Å². The molecule has 1 aliphatic heterocycles. The summed E-state index contributed by atoms with van der Waals surface area (Å²) >= 11 is 0. The molecule has 0 fully saturated rings. The monoisotopic (exact) mass is 249 g/mol. The predicted molar refractivity (Wildman–Crippen MR) is 59.1 cm³/mol. The number of aromatic nitrogens is 3. The zero-order valence-electron chi connectivity index (χ0n) is 10.1. The molecular weight excluding hydrogens is 238 g/mol. The Hall–Kier alpha value is -2.31. The lowest BCUT2D eigenvalue weighted by molar-refractivity contribution is -0.148. The van der Waals surface area contributed by atoms with Gasteiger partial charge in [0, 0.05) is 0 Å². The van der Waals surface area contributed by atoms with Gasteiger partial charge in [-0.05, 0) is 20.8 Å². The number of nitrogens with zero attached hydrogens (tertiary/aromatic N) is 3. The third-order valence-corrected chi connectivity index (χ3v) is 1.91. The largest absolute Gasteiger partial charge is 0.457 e. The molecule has 2 heterocycles. The highest BCUT2D eigenvalue weighted by atomic mass is 16.6. The van der Waals surface area contributed by atoms with Crippen LogP contribution in [0.3, 0.4) is 0 Å². The van der Waals surface area contributed by atoms with Crippen LogP contribution in [0, 0.1) is 0 Å². The van der Waals surface area contributed by atoms with E-state index in [0.29, 0.717) is 0 Å². The summed E-state index contributed by atoms with van der Waals surface area (Å²) in [5.41, 5.74) is -0.437. The molecule has 0 N–H and O–H groups in total. The molecule has 0 aliphatic carbocycles. The van der Waals surface area contributed by atoms with Crippen molar-refractivity contribution in [3.63, 3.8) is 0 Å². The van der Waals surface area contributed by atoms with Gasteiger partial charge in [-0.25, -0.2) is 14.6 Å². The average Bonchev–Trinajstić information content (AvgIpc) is 2.54. The summed E-state index contributed by atoms with van der Waals surface area (Å²) in [6.45, 7) is 5.21. The lowest BCUT2D eigenvalue weighted by atomic mass is 10.2. The van der Waals surface area contributed by atoms with Crippen LogP contribution in [-0.2, 0) is 14.3 Å². The van der Waals surface area contributed by atoms with Gasteiger partial charge in [0.05, 0.1) is 6.08 Å². The van der Waals surface area contributed by atoms with E-state index in [-0.39, 0.29) is 17.1 Å². The van der Waals surface area contributed by atoms with Gasteiger partial charge >= 0.3 is 11.9 Å². The molecule has 0 radical (unpaired) electrons. The van der Waals surface area contributed by atoms with Crippen LogP contribution in [0.2, 0.25) is 0 Å². The van der Waals surface area contributed by atoms with Gasteiger partial charge in [0.2, 0.25) is 0 Å². The highest BCUT2D eigenvalue weighted by molar-refractivity contribution is 6.03. The predicted octanol–water partition coefficient (Wildman–Crippen LogP) is 0.725. The molecule has 7 heteroatoms. The second kappa shape index (κ2) is 4.17. The van der Waals surface area contributed by atoms with Crippen LogP contribution >= 0.6 is 0 Å². The summed E-state index contributed by atoms with van der Waals surface area (Å²) in [6.07, 6.45) is 2.20. The van der Waals surface area contributed by atoms with Crippen LogP contribution in [0.5, 0.6) is 0 Å². The molecule has 1 aromatic heterocycles. The van der Waals surface area contributed by atoms with E-state index < -0.39 is 17.5 Å². The van der Waals surface area contributed by atoms with Gasteiger partial charge in [-0.1, -0.05) is 0 Å². The van der Waals surface area contributed by atoms with Crippen molar-refractivity contribution in [1.29, 1.82) is 0 Å². The lowest BCUT2D eigenvalue weighted by Gasteiger charge is -2.18. The SMILES string of the molecule is CC(C)(C)OC(=O)/C=C1\OC(=O)c2ncnnc21. The number of carbonyl (C=O) groups is 2. The maximum atomic E-state index is 11.6. The Morgan fingerprint density at radius 3 is 2.78 bits per heavy atom. The number of cyclic esters (lactones) is 1. The molecule has 0 amide bonds. The second-order valence-corrected chi connectivity index (χ2v) is 4.59. The fourth-order valence-electron chi connectivity index (χ4n) is 1.32. The van der Waals surface area contributed by atoms with Crippen LogP contribution in [0.25, 0.3) is 5.76 Å². The topological polar surface area (TPSA) is 91.3 Å². The van der Waals surface area contributed by atoms with Gasteiger partial charge in [-0.2, -0.15) is 0 Å². The number of carbonyl (C=O) groups excluding carboxylic acids is 2. The Kier molecular flexibility index (Phi) is 2.82. The van der Waals surface area contributed by atoms with E-state index in [1.807, 2.05) is 0 Å². The Morgan fingerprint density at radius 1 is 1.39 bits per heavy atom. The minimum atomic E-state index is -0.658. The molecule has 0 aromatic carbocycles. The molecule has 0 bridgehead atoms. The summed E-state index contributed by atoms with van der Waals surface area (Å²) in [6, 6.07) is 0. The first kappa shape index (κ1) is 12.2. The summed E-state index contributed by atoms with van der Waals surface area (Å²) in [7, 11) is 0. The third kappa shape index (κ3) is 2.50. The van der Waals surface area contributed by atoms with Crippen LogP contribution in [-0.4, -0.2) is 32.7 Å². The first-order valence-electron chi connectivity index (χ1n) is 5.22. The fraction of sp³-hybridized carbons (Fsp3) is 0.364. The Balaban J connectivity index is 2.27. The van der Waals surface area contributed by atoms with Crippen LogP contribution < -0.4 is 0 Å². The maximum Gasteiger partial charge on any atom is 0.364 e. The quantitative estimate of drug-likeness (QED) is 0.535. The molecule has 0 saturated carbocycles. The molecule has 0 unspecified atom stereocenters. The normalized spacial score (nSPS) is 16.4. The molecule has 0 saturated heterocycles. The van der Waals surface area contributed by atoms with Crippen molar-refractivity contribution in [3.8, 4) is 0 Å². The van der Waals surface area contributed by atoms with Crippen molar-refractivity contribution in [1.82, 2.24) is 15.2 Å². The van der Waals surface area contributed by atoms with Crippen molar-refractivity contribution in [2.45, 2.75) is 26.4 Å². The van der Waals surface area contributed by atoms with Gasteiger partial charge in [-0.15, -0.1) is 10.2 Å². The van der Waals surface area contributed by atoms with Gasteiger partial charge in [0.1, 0.15) is 11.9 Å². The average molecular weight is 249 g/mol. The lowest BCUT2D eigenvalue weighted by Crippen LogP contribution is -2.22. The third-order valence-electron chi connectivity index (χ3n) is 1.91. The van der Waals surface area contributed by atoms with E-state index >= 15 is 0 Å². The molecule has 7 nitrogen and oxygen atoms in total. The number of fused-ring (bicyclic) bond motifs is 1. The van der Waals surface area contributed by atoms with Gasteiger partial charge in [0.25, 0.3) is 0 Å². The van der Waals surface area contributed by atoms with E-state index in [1.165, 1.54) is 0 Å². The van der Waals surface area contributed by atoms with Gasteiger partial charge in [0.15, 0.2) is 17.1 Å². The Bertz CT molecular complexity index is 545. The summed E-state index contributed by atoms with van der Waals surface area (Å²) < 4.78 is 9.95. The number of ether oxygens (including phenoxy) is 2. The van der Waals surface area contributed by atoms with Crippen molar-refractivity contribution in [3.05, 3.63) is 23.8 Å². The van der Waals surface area contributed by atoms with E-state index in [0.717, 1.165) is 12.4 Å². The van der Waals surface area contributed by atoms with Crippen LogP contribution in [0.1, 0.15) is 37.0 Å². The zero-order chi connectivity index (χ0) is 13.3. The zero-order valence-corrected chi connectivity index (χ0v) is 10.1. The Morgan fingerprint density at radius 2 is 2.11 bits per heavy atom. The standard InChI is InChI=1S/C11H11N3O4/c1-11(2,3)18-7(15)4-6-8-9(10(16)17-6)12-5-13-14-8/h4-5H,1-3H3/b6-4-. The highest BCUT2D eigenvalue weighted by Gasteiger charge is 2.31. The van der Waals surface area contributed by atoms with Crippen molar-refractivity contribution in [2.24, 2.45) is 0 Å². The van der Waals surface area contributed by atoms with Gasteiger partial charge < -0.3 is 9.47 Å². The molecular formula is C11H11N3O4. The fourth-order valence-corrected chi connectivity index (χ4v) is 1.32. The molecule has 2 rings (SSSR count). The highest BCUT2D eigenvalue weighted by Crippen LogP contribution is 2.25. The first-order chi connectivity index (χ1) is 8.37. The number of rotatable bonds is 1. The maximum absolute atomic E-state index is 11.6.